The second kappa shape index (κ2) is 3.40. The molecule has 0 fully saturated rings. The average molecular weight is 165 g/mol. The smallest absolute Gasteiger partial charge is 0.294 e. The number of carbonyl (C=O) groups is 1. The largest absolute Gasteiger partial charge is 0.383 e. The highest BCUT2D eigenvalue weighted by atomic mass is 16.7. The Kier molecular flexibility index (Phi) is 2.49. The molecule has 0 unspecified atom stereocenters. The molecular formula is C6H8BN3O2. The molecule has 0 aliphatic carbocycles. The molecule has 0 aliphatic rings. The first-order chi connectivity index (χ1) is 5.66. The molecule has 6 heteroatoms. The monoisotopic (exact) mass is 165 g/mol. The van der Waals surface area contributed by atoms with Gasteiger partial charge in [0, 0.05) is 7.05 Å². The van der Waals surface area contributed by atoms with Gasteiger partial charge in [-0.3, -0.25) is 9.63 Å². The van der Waals surface area contributed by atoms with Crippen LogP contribution in [0.4, 0.5) is 0 Å². The van der Waals surface area contributed by atoms with E-state index in [1.165, 1.54) is 26.7 Å². The van der Waals surface area contributed by atoms with Crippen molar-refractivity contribution in [3.63, 3.8) is 0 Å². The Balaban J connectivity index is 2.85. The maximum absolute atomic E-state index is 11.3. The van der Waals surface area contributed by atoms with E-state index in [0.29, 0.717) is 0 Å². The van der Waals surface area contributed by atoms with Crippen LogP contribution in [-0.2, 0) is 4.84 Å². The number of hydrogen-bond acceptors (Lipinski definition) is 3. The molecule has 1 rings (SSSR count). The summed E-state index contributed by atoms with van der Waals surface area (Å²) in [6, 6.07) is 0. The predicted molar refractivity (Wildman–Crippen MR) is 42.5 cm³/mol. The summed E-state index contributed by atoms with van der Waals surface area (Å²) in [5.41, 5.74) is 0.277. The summed E-state index contributed by atoms with van der Waals surface area (Å²) in [6.45, 7) is 0. The molecule has 62 valence electrons. The zero-order valence-electron chi connectivity index (χ0n) is 6.89. The lowest BCUT2D eigenvalue weighted by Crippen LogP contribution is -2.27. The molecule has 1 heterocycles. The van der Waals surface area contributed by atoms with Crippen LogP contribution < -0.4 is 0 Å². The van der Waals surface area contributed by atoms with Crippen molar-refractivity contribution in [2.45, 2.75) is 0 Å². The minimum Gasteiger partial charge on any atom is -0.383 e. The van der Waals surface area contributed by atoms with E-state index in [1.54, 1.807) is 0 Å². The molecule has 0 N–H and O–H groups in total. The highest BCUT2D eigenvalue weighted by Crippen LogP contribution is 2.00. The Hall–Kier alpha value is -1.30. The van der Waals surface area contributed by atoms with E-state index < -0.39 is 0 Å². The molecule has 0 aliphatic heterocycles. The standard InChI is InChI=1S/C6H8BN3O2/c1-9(12-2)6(11)5-3-8-4-10(5)7/h3-4H,1-2H3. The van der Waals surface area contributed by atoms with Gasteiger partial charge in [-0.05, 0) is 0 Å². The van der Waals surface area contributed by atoms with Crippen LogP contribution in [0.5, 0.6) is 0 Å². The second-order valence-electron chi connectivity index (χ2n) is 2.17. The predicted octanol–water partition coefficient (Wildman–Crippen LogP) is -0.552. The molecule has 1 aromatic rings. The van der Waals surface area contributed by atoms with Gasteiger partial charge in [-0.1, -0.05) is 0 Å². The molecule has 12 heavy (non-hydrogen) atoms. The number of hydroxylamine groups is 2. The van der Waals surface area contributed by atoms with Crippen LogP contribution >= 0.6 is 0 Å². The Morgan fingerprint density at radius 2 is 2.50 bits per heavy atom. The Bertz CT molecular complexity index is 286. The molecular weight excluding hydrogens is 157 g/mol. The number of nitrogens with zero attached hydrogens (tertiary/aromatic N) is 3. The summed E-state index contributed by atoms with van der Waals surface area (Å²) in [6.07, 6.45) is 2.72. The van der Waals surface area contributed by atoms with Crippen molar-refractivity contribution in [1.82, 2.24) is 14.5 Å². The fourth-order valence-corrected chi connectivity index (χ4v) is 0.715. The lowest BCUT2D eigenvalue weighted by atomic mass is 10.3. The van der Waals surface area contributed by atoms with E-state index in [2.05, 4.69) is 9.82 Å². The van der Waals surface area contributed by atoms with Gasteiger partial charge in [-0.2, -0.15) is 0 Å². The average Bonchev–Trinajstić information content (AvgIpc) is 2.48. The van der Waals surface area contributed by atoms with Crippen molar-refractivity contribution in [2.24, 2.45) is 0 Å². The zero-order chi connectivity index (χ0) is 9.14. The summed E-state index contributed by atoms with van der Waals surface area (Å²) < 4.78 is 1.14. The summed E-state index contributed by atoms with van der Waals surface area (Å²) in [5.74, 6) is -0.336. The summed E-state index contributed by atoms with van der Waals surface area (Å²) >= 11 is 0. The third-order valence-electron chi connectivity index (χ3n) is 1.45. The Labute approximate surface area is 71.3 Å². The normalized spacial score (nSPS) is 9.83. The molecule has 0 aromatic carbocycles. The minimum absolute atomic E-state index is 0.277. The van der Waals surface area contributed by atoms with Gasteiger partial charge in [-0.25, -0.2) is 10.0 Å². The van der Waals surface area contributed by atoms with Gasteiger partial charge in [0.1, 0.15) is 5.69 Å². The number of aromatic nitrogens is 2. The molecule has 0 saturated heterocycles. The molecule has 1 amide bonds. The molecule has 1 aromatic heterocycles. The second-order valence-corrected chi connectivity index (χ2v) is 2.17. The fraction of sp³-hybridized carbons (Fsp3) is 0.333. The summed E-state index contributed by atoms with van der Waals surface area (Å²) in [4.78, 5) is 19.7. The number of hydrogen-bond donors (Lipinski definition) is 0. The van der Waals surface area contributed by atoms with Crippen LogP contribution in [-0.4, -0.2) is 42.6 Å². The van der Waals surface area contributed by atoms with E-state index in [4.69, 9.17) is 7.98 Å². The molecule has 5 nitrogen and oxygen atoms in total. The number of amides is 1. The maximum Gasteiger partial charge on any atom is 0.294 e. The zero-order valence-corrected chi connectivity index (χ0v) is 6.89. The van der Waals surface area contributed by atoms with E-state index in [1.807, 2.05) is 0 Å². The van der Waals surface area contributed by atoms with Gasteiger partial charge in [0.05, 0.1) is 19.6 Å². The highest BCUT2D eigenvalue weighted by molar-refractivity contribution is 6.10. The van der Waals surface area contributed by atoms with Crippen molar-refractivity contribution in [3.05, 3.63) is 18.2 Å². The SMILES string of the molecule is [B]n1cncc1C(=O)N(C)OC. The molecule has 0 spiro atoms. The van der Waals surface area contributed by atoms with Crippen LogP contribution in [0.3, 0.4) is 0 Å². The first-order valence-electron chi connectivity index (χ1n) is 3.26. The third kappa shape index (κ3) is 1.48. The number of rotatable bonds is 2. The quantitative estimate of drug-likeness (QED) is 0.436. The van der Waals surface area contributed by atoms with Crippen LogP contribution in [0, 0.1) is 0 Å². The van der Waals surface area contributed by atoms with Crippen LogP contribution in [0.15, 0.2) is 12.5 Å². The lowest BCUT2D eigenvalue weighted by molar-refractivity contribution is -0.0761. The lowest BCUT2D eigenvalue weighted by Gasteiger charge is -2.13. The van der Waals surface area contributed by atoms with E-state index in [0.717, 1.165) is 9.54 Å². The Morgan fingerprint density at radius 3 is 2.92 bits per heavy atom. The number of imidazole rings is 1. The Morgan fingerprint density at radius 1 is 1.83 bits per heavy atom. The van der Waals surface area contributed by atoms with Gasteiger partial charge < -0.3 is 4.48 Å². The van der Waals surface area contributed by atoms with Crippen LogP contribution in [0.25, 0.3) is 0 Å². The maximum atomic E-state index is 11.3. The topological polar surface area (TPSA) is 47.4 Å². The van der Waals surface area contributed by atoms with E-state index in [-0.39, 0.29) is 11.6 Å². The highest BCUT2D eigenvalue weighted by Gasteiger charge is 2.13. The van der Waals surface area contributed by atoms with Gasteiger partial charge >= 0.3 is 0 Å². The van der Waals surface area contributed by atoms with Gasteiger partial charge in [0.15, 0.2) is 0 Å². The molecule has 0 saturated carbocycles. The first kappa shape index (κ1) is 8.80. The number of carbonyl (C=O) groups excluding carboxylic acids is 1. The van der Waals surface area contributed by atoms with Gasteiger partial charge in [0.25, 0.3) is 5.91 Å². The first-order valence-corrected chi connectivity index (χ1v) is 3.26. The minimum atomic E-state index is -0.336. The van der Waals surface area contributed by atoms with E-state index >= 15 is 0 Å². The van der Waals surface area contributed by atoms with E-state index in [9.17, 15) is 4.79 Å². The third-order valence-corrected chi connectivity index (χ3v) is 1.45. The van der Waals surface area contributed by atoms with Crippen molar-refractivity contribution in [1.29, 1.82) is 0 Å². The molecule has 0 bridgehead atoms. The van der Waals surface area contributed by atoms with Crippen molar-refractivity contribution >= 4 is 13.9 Å². The summed E-state index contributed by atoms with van der Waals surface area (Å²) in [7, 11) is 8.28. The van der Waals surface area contributed by atoms with Gasteiger partial charge in [0.2, 0.25) is 7.98 Å². The van der Waals surface area contributed by atoms with Crippen molar-refractivity contribution in [3.8, 4) is 0 Å². The van der Waals surface area contributed by atoms with Crippen molar-refractivity contribution in [2.75, 3.05) is 14.2 Å². The molecule has 2 radical (unpaired) electrons. The van der Waals surface area contributed by atoms with Crippen LogP contribution in [0.1, 0.15) is 10.5 Å². The molecule has 0 atom stereocenters. The summed E-state index contributed by atoms with van der Waals surface area (Å²) in [5, 5.41) is 1.07. The van der Waals surface area contributed by atoms with Crippen LogP contribution in [0.2, 0.25) is 0 Å². The van der Waals surface area contributed by atoms with Gasteiger partial charge in [-0.15, -0.1) is 0 Å². The van der Waals surface area contributed by atoms with Crippen molar-refractivity contribution < 1.29 is 9.63 Å². The fourth-order valence-electron chi connectivity index (χ4n) is 0.715.